The Morgan fingerprint density at radius 2 is 1.81 bits per heavy atom. The maximum absolute atomic E-state index is 13.3. The van der Waals surface area contributed by atoms with Gasteiger partial charge in [0.2, 0.25) is 0 Å². The van der Waals surface area contributed by atoms with Gasteiger partial charge in [0.1, 0.15) is 28.9 Å². The molecular weight excluding hydrogens is 423 g/mol. The molecule has 0 spiro atoms. The van der Waals surface area contributed by atoms with Gasteiger partial charge in [-0.1, -0.05) is 23.2 Å². The summed E-state index contributed by atoms with van der Waals surface area (Å²) in [5, 5.41) is 8.53. The quantitative estimate of drug-likeness (QED) is 0.690. The van der Waals surface area contributed by atoms with Crippen molar-refractivity contribution in [2.75, 3.05) is 4.72 Å². The van der Waals surface area contributed by atoms with Crippen LogP contribution in [-0.2, 0) is 10.0 Å². The molecule has 2 aromatic rings. The zero-order valence-corrected chi connectivity index (χ0v) is 14.6. The fraction of sp³-hybridized carbons (Fsp3) is 0.0714. The molecule has 26 heavy (non-hydrogen) atoms. The largest absolute Gasteiger partial charge is 0.516 e. The summed E-state index contributed by atoms with van der Waals surface area (Å²) in [6.45, 7) is 0. The van der Waals surface area contributed by atoms with Crippen LogP contribution in [0, 0.1) is 17.1 Å². The van der Waals surface area contributed by atoms with E-state index in [9.17, 15) is 26.0 Å². The van der Waals surface area contributed by atoms with Crippen LogP contribution in [0.2, 0.25) is 10.0 Å². The van der Waals surface area contributed by atoms with Gasteiger partial charge in [0.25, 0.3) is 0 Å². The first-order valence-corrected chi connectivity index (χ1v) is 8.64. The summed E-state index contributed by atoms with van der Waals surface area (Å²) < 4.78 is 79.5. The standard InChI is InChI=1S/C14H6Cl2F4N2O3S/c15-7-3-8(17)5-9(4-7)25-12-2-1-11(13(16)10(12)6-21)22-26(23,24)14(18,19)20/h1-5,22H. The molecule has 1 N–H and O–H groups in total. The van der Waals surface area contributed by atoms with E-state index >= 15 is 0 Å². The Balaban J connectivity index is 2.43. The zero-order chi connectivity index (χ0) is 19.7. The Bertz CT molecular complexity index is 984. The number of alkyl halides is 3. The second-order valence-electron chi connectivity index (χ2n) is 4.67. The highest BCUT2D eigenvalue weighted by Gasteiger charge is 2.46. The minimum absolute atomic E-state index is 0.000776. The summed E-state index contributed by atoms with van der Waals surface area (Å²) >= 11 is 11.5. The summed E-state index contributed by atoms with van der Waals surface area (Å²) in [5.41, 5.74) is -6.71. The molecule has 0 amide bonds. The molecule has 2 aromatic carbocycles. The van der Waals surface area contributed by atoms with E-state index < -0.39 is 37.6 Å². The minimum Gasteiger partial charge on any atom is -0.456 e. The van der Waals surface area contributed by atoms with E-state index in [0.717, 1.165) is 24.3 Å². The van der Waals surface area contributed by atoms with Crippen molar-refractivity contribution < 1.29 is 30.7 Å². The van der Waals surface area contributed by atoms with Gasteiger partial charge in [0.15, 0.2) is 0 Å². The fourth-order valence-corrected chi connectivity index (χ4v) is 2.83. The number of anilines is 1. The number of sulfonamides is 1. The van der Waals surface area contributed by atoms with Crippen LogP contribution in [-0.4, -0.2) is 13.9 Å². The van der Waals surface area contributed by atoms with Crippen molar-refractivity contribution in [1.82, 2.24) is 0 Å². The fourth-order valence-electron chi connectivity index (χ4n) is 1.74. The highest BCUT2D eigenvalue weighted by molar-refractivity contribution is 7.93. The second kappa shape index (κ2) is 7.19. The number of hydrogen-bond donors (Lipinski definition) is 1. The Morgan fingerprint density at radius 1 is 1.15 bits per heavy atom. The van der Waals surface area contributed by atoms with Crippen molar-refractivity contribution in [3.05, 3.63) is 51.8 Å². The number of nitrogens with one attached hydrogen (secondary N) is 1. The van der Waals surface area contributed by atoms with Crippen LogP contribution in [0.5, 0.6) is 11.5 Å². The first-order chi connectivity index (χ1) is 11.9. The molecule has 0 aromatic heterocycles. The average molecular weight is 429 g/mol. The van der Waals surface area contributed by atoms with Crippen molar-refractivity contribution in [3.8, 4) is 17.6 Å². The van der Waals surface area contributed by atoms with E-state index in [-0.39, 0.29) is 16.5 Å². The lowest BCUT2D eigenvalue weighted by atomic mass is 10.2. The van der Waals surface area contributed by atoms with E-state index in [1.807, 2.05) is 0 Å². The van der Waals surface area contributed by atoms with Crippen LogP contribution in [0.1, 0.15) is 5.56 Å². The Kier molecular flexibility index (Phi) is 5.55. The first-order valence-electron chi connectivity index (χ1n) is 6.40. The maximum Gasteiger partial charge on any atom is 0.516 e. The Hall–Kier alpha value is -2.22. The van der Waals surface area contributed by atoms with Crippen LogP contribution < -0.4 is 9.46 Å². The number of ether oxygens (including phenoxy) is 1. The normalized spacial score (nSPS) is 11.7. The molecule has 0 aliphatic rings. The van der Waals surface area contributed by atoms with E-state index in [4.69, 9.17) is 33.2 Å². The van der Waals surface area contributed by atoms with Gasteiger partial charge in [-0.2, -0.15) is 26.9 Å². The van der Waals surface area contributed by atoms with Gasteiger partial charge in [-0.25, -0.2) is 4.39 Å². The van der Waals surface area contributed by atoms with Crippen molar-refractivity contribution >= 4 is 38.9 Å². The molecule has 0 radical (unpaired) electrons. The van der Waals surface area contributed by atoms with Crippen molar-refractivity contribution in [2.45, 2.75) is 5.51 Å². The predicted molar refractivity (Wildman–Crippen MR) is 86.2 cm³/mol. The molecule has 0 saturated heterocycles. The number of halogens is 6. The number of benzene rings is 2. The summed E-state index contributed by atoms with van der Waals surface area (Å²) in [7, 11) is -5.73. The Morgan fingerprint density at radius 3 is 2.35 bits per heavy atom. The molecular formula is C14H6Cl2F4N2O3S. The third kappa shape index (κ3) is 4.30. The molecule has 0 fully saturated rings. The molecule has 12 heteroatoms. The van der Waals surface area contributed by atoms with E-state index in [0.29, 0.717) is 0 Å². The minimum atomic E-state index is -5.73. The number of rotatable bonds is 4. The lowest BCUT2D eigenvalue weighted by Crippen LogP contribution is -2.30. The van der Waals surface area contributed by atoms with E-state index in [1.165, 1.54) is 10.8 Å². The van der Waals surface area contributed by atoms with Crippen LogP contribution >= 0.6 is 23.2 Å². The monoisotopic (exact) mass is 428 g/mol. The van der Waals surface area contributed by atoms with Crippen molar-refractivity contribution in [1.29, 1.82) is 5.26 Å². The van der Waals surface area contributed by atoms with Gasteiger partial charge in [-0.05, 0) is 24.3 Å². The summed E-state index contributed by atoms with van der Waals surface area (Å²) in [6, 6.07) is 6.61. The molecule has 0 atom stereocenters. The SMILES string of the molecule is N#Cc1c(Oc2cc(F)cc(Cl)c2)ccc(NS(=O)(=O)C(F)(F)F)c1Cl. The molecule has 0 saturated carbocycles. The lowest BCUT2D eigenvalue weighted by Gasteiger charge is -2.14. The maximum atomic E-state index is 13.3. The van der Waals surface area contributed by atoms with Crippen LogP contribution in [0.4, 0.5) is 23.2 Å². The molecule has 5 nitrogen and oxygen atoms in total. The third-order valence-corrected chi connectivity index (χ3v) is 4.54. The lowest BCUT2D eigenvalue weighted by molar-refractivity contribution is -0.0429. The first kappa shape index (κ1) is 20.1. The molecule has 2 rings (SSSR count). The highest BCUT2D eigenvalue weighted by atomic mass is 35.5. The smallest absolute Gasteiger partial charge is 0.456 e. The van der Waals surface area contributed by atoms with Crippen molar-refractivity contribution in [3.63, 3.8) is 0 Å². The topological polar surface area (TPSA) is 79.2 Å². The molecule has 0 aliphatic carbocycles. The number of hydrogen-bond acceptors (Lipinski definition) is 4. The Labute approximate surface area is 154 Å². The van der Waals surface area contributed by atoms with Gasteiger partial charge >= 0.3 is 15.5 Å². The molecule has 0 heterocycles. The predicted octanol–water partition coefficient (Wildman–Crippen LogP) is 5.06. The van der Waals surface area contributed by atoms with Crippen LogP contribution in [0.15, 0.2) is 30.3 Å². The van der Waals surface area contributed by atoms with E-state index in [1.54, 1.807) is 6.07 Å². The van der Waals surface area contributed by atoms with Crippen LogP contribution in [0.3, 0.4) is 0 Å². The van der Waals surface area contributed by atoms with Gasteiger partial charge in [-0.3, -0.25) is 4.72 Å². The van der Waals surface area contributed by atoms with Crippen LogP contribution in [0.25, 0.3) is 0 Å². The van der Waals surface area contributed by atoms with Gasteiger partial charge < -0.3 is 4.74 Å². The number of nitrogens with zero attached hydrogens (tertiary/aromatic N) is 1. The average Bonchev–Trinajstić information content (AvgIpc) is 2.48. The molecule has 138 valence electrons. The summed E-state index contributed by atoms with van der Waals surface area (Å²) in [6.07, 6.45) is 0. The zero-order valence-electron chi connectivity index (χ0n) is 12.2. The third-order valence-electron chi connectivity index (χ3n) is 2.83. The summed E-state index contributed by atoms with van der Waals surface area (Å²) in [4.78, 5) is 0. The van der Waals surface area contributed by atoms with Crippen molar-refractivity contribution in [2.24, 2.45) is 0 Å². The summed E-state index contributed by atoms with van der Waals surface area (Å²) in [5.74, 6) is -1.08. The number of nitriles is 1. The molecule has 0 aliphatic heterocycles. The molecule has 0 bridgehead atoms. The van der Waals surface area contributed by atoms with Gasteiger partial charge in [0.05, 0.1) is 10.7 Å². The highest BCUT2D eigenvalue weighted by Crippen LogP contribution is 2.37. The van der Waals surface area contributed by atoms with E-state index in [2.05, 4.69) is 0 Å². The van der Waals surface area contributed by atoms with Gasteiger partial charge in [0, 0.05) is 11.1 Å². The second-order valence-corrected chi connectivity index (χ2v) is 7.16. The van der Waals surface area contributed by atoms with Gasteiger partial charge in [-0.15, -0.1) is 0 Å². The molecule has 0 unspecified atom stereocenters.